The summed E-state index contributed by atoms with van der Waals surface area (Å²) in [4.78, 5) is 0.287. The van der Waals surface area contributed by atoms with E-state index in [1.54, 1.807) is 24.3 Å². The lowest BCUT2D eigenvalue weighted by atomic mass is 9.97. The molecule has 0 fully saturated rings. The van der Waals surface area contributed by atoms with E-state index in [0.29, 0.717) is 18.6 Å². The Bertz CT molecular complexity index is 685. The minimum Gasteiger partial charge on any atom is -0.207 e. The molecule has 2 radical (unpaired) electrons. The number of benzene rings is 2. The van der Waals surface area contributed by atoms with Crippen LogP contribution in [0.4, 0.5) is 0 Å². The fourth-order valence-electron chi connectivity index (χ4n) is 2.26. The second-order valence-corrected chi connectivity index (χ2v) is 6.55. The summed E-state index contributed by atoms with van der Waals surface area (Å²) in [5.41, 5.74) is 2.70. The largest absolute Gasteiger partial charge is 0.243 e. The maximum absolute atomic E-state index is 12.5. The van der Waals surface area contributed by atoms with Crippen LogP contribution in [-0.2, 0) is 23.1 Å². The first kappa shape index (κ1) is 12.4. The van der Waals surface area contributed by atoms with Gasteiger partial charge in [0.25, 0.3) is 0 Å². The van der Waals surface area contributed by atoms with Gasteiger partial charge in [0.15, 0.2) is 0 Å². The van der Waals surface area contributed by atoms with E-state index < -0.39 is 10.0 Å². The Kier molecular flexibility index (Phi) is 2.95. The van der Waals surface area contributed by atoms with E-state index in [2.05, 4.69) is 0 Å². The minimum atomic E-state index is -3.45. The van der Waals surface area contributed by atoms with E-state index in [1.807, 2.05) is 24.3 Å². The molecule has 0 saturated heterocycles. The molecule has 0 N–H and O–H groups in total. The third-order valence-corrected chi connectivity index (χ3v) is 5.14. The Labute approximate surface area is 114 Å². The van der Waals surface area contributed by atoms with Crippen LogP contribution in [0.5, 0.6) is 0 Å². The number of rotatable bonds is 2. The topological polar surface area (TPSA) is 37.4 Å². The molecule has 0 unspecified atom stereocenters. The Hall–Kier alpha value is -1.59. The second-order valence-electron chi connectivity index (χ2n) is 4.61. The van der Waals surface area contributed by atoms with Crippen molar-refractivity contribution in [1.29, 1.82) is 0 Å². The highest BCUT2D eigenvalue weighted by Crippen LogP contribution is 2.27. The van der Waals surface area contributed by atoms with Crippen molar-refractivity contribution in [3.63, 3.8) is 0 Å². The van der Waals surface area contributed by atoms with Crippen molar-refractivity contribution in [3.8, 4) is 0 Å². The summed E-state index contributed by atoms with van der Waals surface area (Å²) in [5, 5.41) is 0. The highest BCUT2D eigenvalue weighted by atomic mass is 32.2. The molecule has 5 heteroatoms. The fraction of sp³-hybridized carbons (Fsp3) is 0.143. The molecule has 0 saturated carbocycles. The maximum atomic E-state index is 12.5. The Morgan fingerprint density at radius 3 is 1.95 bits per heavy atom. The van der Waals surface area contributed by atoms with Gasteiger partial charge in [0.2, 0.25) is 10.0 Å². The number of hydrogen-bond donors (Lipinski definition) is 0. The summed E-state index contributed by atoms with van der Waals surface area (Å²) < 4.78 is 26.5. The van der Waals surface area contributed by atoms with Crippen molar-refractivity contribution in [2.75, 3.05) is 0 Å². The minimum absolute atomic E-state index is 0.287. The molecule has 0 aromatic heterocycles. The zero-order chi connectivity index (χ0) is 13.5. The predicted molar refractivity (Wildman–Crippen MR) is 74.7 cm³/mol. The summed E-state index contributed by atoms with van der Waals surface area (Å²) in [6, 6.07) is 14.1. The van der Waals surface area contributed by atoms with Gasteiger partial charge in [-0.3, -0.25) is 0 Å². The quantitative estimate of drug-likeness (QED) is 0.768. The molecule has 19 heavy (non-hydrogen) atoms. The Morgan fingerprint density at radius 1 is 0.895 bits per heavy atom. The van der Waals surface area contributed by atoms with Crippen molar-refractivity contribution in [2.24, 2.45) is 0 Å². The molecule has 0 aliphatic carbocycles. The molecule has 1 aliphatic rings. The van der Waals surface area contributed by atoms with Crippen LogP contribution >= 0.6 is 0 Å². The molecule has 0 spiro atoms. The number of fused-ring (bicyclic) bond motifs is 1. The average Bonchev–Trinajstić information content (AvgIpc) is 2.83. The molecule has 3 nitrogen and oxygen atoms in total. The molecule has 94 valence electrons. The van der Waals surface area contributed by atoms with Crippen LogP contribution in [0.2, 0.25) is 0 Å². The number of hydrogen-bond acceptors (Lipinski definition) is 2. The van der Waals surface area contributed by atoms with Gasteiger partial charge in [-0.25, -0.2) is 8.42 Å². The molecular formula is C14H12BNO2S. The fourth-order valence-corrected chi connectivity index (χ4v) is 3.66. The molecule has 1 heterocycles. The van der Waals surface area contributed by atoms with Gasteiger partial charge in [-0.2, -0.15) is 4.31 Å². The third kappa shape index (κ3) is 2.20. The van der Waals surface area contributed by atoms with Crippen molar-refractivity contribution < 1.29 is 8.42 Å². The summed E-state index contributed by atoms with van der Waals surface area (Å²) in [7, 11) is 2.14. The lowest BCUT2D eigenvalue weighted by Crippen LogP contribution is -2.25. The SMILES string of the molecule is [B]c1ccc(S(=O)(=O)N2Cc3ccccc3C2)cc1. The van der Waals surface area contributed by atoms with Gasteiger partial charge < -0.3 is 0 Å². The molecular weight excluding hydrogens is 257 g/mol. The summed E-state index contributed by atoms with van der Waals surface area (Å²) in [6.07, 6.45) is 0. The summed E-state index contributed by atoms with van der Waals surface area (Å²) in [6.45, 7) is 0.867. The van der Waals surface area contributed by atoms with Crippen molar-refractivity contribution in [3.05, 3.63) is 59.7 Å². The molecule has 2 aromatic carbocycles. The van der Waals surface area contributed by atoms with Crippen molar-refractivity contribution in [1.82, 2.24) is 4.31 Å². The van der Waals surface area contributed by atoms with Crippen LogP contribution in [0.1, 0.15) is 11.1 Å². The number of nitrogens with zero attached hydrogens (tertiary/aromatic N) is 1. The first-order chi connectivity index (χ1) is 9.07. The normalized spacial score (nSPS) is 15.4. The molecule has 3 rings (SSSR count). The third-order valence-electron chi connectivity index (χ3n) is 3.33. The Morgan fingerprint density at radius 2 is 1.42 bits per heavy atom. The van der Waals surface area contributed by atoms with Crippen LogP contribution in [0, 0.1) is 0 Å². The van der Waals surface area contributed by atoms with Crippen molar-refractivity contribution in [2.45, 2.75) is 18.0 Å². The van der Waals surface area contributed by atoms with E-state index >= 15 is 0 Å². The van der Waals surface area contributed by atoms with Crippen LogP contribution in [0.15, 0.2) is 53.4 Å². The molecule has 1 aliphatic heterocycles. The highest BCUT2D eigenvalue weighted by molar-refractivity contribution is 7.89. The maximum Gasteiger partial charge on any atom is 0.243 e. The Balaban J connectivity index is 1.94. The summed E-state index contributed by atoms with van der Waals surface area (Å²) in [5.74, 6) is 0. The first-order valence-corrected chi connectivity index (χ1v) is 7.44. The lowest BCUT2D eigenvalue weighted by Gasteiger charge is -2.15. The molecule has 0 bridgehead atoms. The summed E-state index contributed by atoms with van der Waals surface area (Å²) >= 11 is 0. The zero-order valence-electron chi connectivity index (χ0n) is 10.3. The van der Waals surface area contributed by atoms with Gasteiger partial charge in [-0.05, 0) is 23.3 Å². The lowest BCUT2D eigenvalue weighted by molar-refractivity contribution is 0.431. The van der Waals surface area contributed by atoms with Crippen LogP contribution in [0.25, 0.3) is 0 Å². The van der Waals surface area contributed by atoms with Gasteiger partial charge in [0.05, 0.1) is 4.90 Å². The average molecular weight is 269 g/mol. The van der Waals surface area contributed by atoms with Crippen LogP contribution < -0.4 is 5.46 Å². The molecule has 0 atom stereocenters. The zero-order valence-corrected chi connectivity index (χ0v) is 11.1. The van der Waals surface area contributed by atoms with Gasteiger partial charge in [0, 0.05) is 13.1 Å². The van der Waals surface area contributed by atoms with Gasteiger partial charge in [0.1, 0.15) is 7.85 Å². The van der Waals surface area contributed by atoms with E-state index in [4.69, 9.17) is 7.85 Å². The predicted octanol–water partition coefficient (Wildman–Crippen LogP) is 1.18. The van der Waals surface area contributed by atoms with E-state index in [0.717, 1.165) is 11.1 Å². The van der Waals surface area contributed by atoms with Crippen molar-refractivity contribution >= 4 is 23.3 Å². The van der Waals surface area contributed by atoms with Crippen LogP contribution in [0.3, 0.4) is 0 Å². The standard InChI is InChI=1S/C14H12BNO2S/c15-13-5-7-14(8-6-13)19(17,18)16-9-11-3-1-2-4-12(11)10-16/h1-8H,9-10H2. The van der Waals surface area contributed by atoms with Gasteiger partial charge >= 0.3 is 0 Å². The molecule has 0 amide bonds. The van der Waals surface area contributed by atoms with Crippen LogP contribution in [-0.4, -0.2) is 20.6 Å². The van der Waals surface area contributed by atoms with Gasteiger partial charge in [-0.1, -0.05) is 41.9 Å². The molecule has 2 aromatic rings. The highest BCUT2D eigenvalue weighted by Gasteiger charge is 2.29. The van der Waals surface area contributed by atoms with E-state index in [-0.39, 0.29) is 4.90 Å². The first-order valence-electron chi connectivity index (χ1n) is 6.00. The number of sulfonamides is 1. The second kappa shape index (κ2) is 4.51. The smallest absolute Gasteiger partial charge is 0.207 e. The van der Waals surface area contributed by atoms with Gasteiger partial charge in [-0.15, -0.1) is 0 Å². The van der Waals surface area contributed by atoms with E-state index in [1.165, 1.54) is 4.31 Å². The monoisotopic (exact) mass is 269 g/mol. The van der Waals surface area contributed by atoms with E-state index in [9.17, 15) is 8.42 Å².